The summed E-state index contributed by atoms with van der Waals surface area (Å²) in [5, 5.41) is 3.28. The lowest BCUT2D eigenvalue weighted by atomic mass is 10.2. The number of unbranched alkanes of at least 4 members (excludes halogenated alkanes) is 1. The van der Waals surface area contributed by atoms with Crippen LogP contribution in [-0.4, -0.2) is 11.1 Å². The highest BCUT2D eigenvalue weighted by Gasteiger charge is 2.05. The third-order valence-corrected chi connectivity index (χ3v) is 2.95. The van der Waals surface area contributed by atoms with Crippen molar-refractivity contribution in [3.8, 4) is 0 Å². The Morgan fingerprint density at radius 3 is 2.65 bits per heavy atom. The van der Waals surface area contributed by atoms with Crippen LogP contribution in [0.5, 0.6) is 0 Å². The first-order chi connectivity index (χ1) is 8.20. The molecule has 3 nitrogen and oxygen atoms in total. The number of aromatic nitrogens is 1. The van der Waals surface area contributed by atoms with Gasteiger partial charge in [-0.3, -0.25) is 4.79 Å². The Morgan fingerprint density at radius 2 is 2.00 bits per heavy atom. The van der Waals surface area contributed by atoms with E-state index in [1.807, 2.05) is 23.6 Å². The summed E-state index contributed by atoms with van der Waals surface area (Å²) in [4.78, 5) is 12.2. The molecule has 1 aromatic heterocycles. The lowest BCUT2D eigenvalue weighted by Gasteiger charge is -2.11. The molecule has 0 aliphatic carbocycles. The molecule has 0 spiro atoms. The zero-order valence-corrected chi connectivity index (χ0v) is 11.3. The van der Waals surface area contributed by atoms with Gasteiger partial charge < -0.3 is 9.88 Å². The van der Waals surface area contributed by atoms with Crippen LogP contribution < -0.4 is 10.9 Å². The molecule has 0 radical (unpaired) electrons. The second-order valence-corrected chi connectivity index (χ2v) is 4.49. The lowest BCUT2D eigenvalue weighted by molar-refractivity contribution is 0.586. The average molecular weight is 236 g/mol. The van der Waals surface area contributed by atoms with Gasteiger partial charge in [0, 0.05) is 24.3 Å². The van der Waals surface area contributed by atoms with Crippen molar-refractivity contribution >= 4 is 0 Å². The fourth-order valence-electron chi connectivity index (χ4n) is 1.84. The van der Waals surface area contributed by atoms with Gasteiger partial charge in [0.05, 0.1) is 0 Å². The Balaban J connectivity index is 2.82. The van der Waals surface area contributed by atoms with E-state index in [9.17, 15) is 4.79 Å². The molecule has 0 saturated heterocycles. The van der Waals surface area contributed by atoms with E-state index in [1.54, 1.807) is 0 Å². The van der Waals surface area contributed by atoms with E-state index in [0.717, 1.165) is 43.6 Å². The van der Waals surface area contributed by atoms with Crippen LogP contribution in [0.1, 0.15) is 44.4 Å². The number of pyridine rings is 1. The van der Waals surface area contributed by atoms with Crippen LogP contribution in [0.4, 0.5) is 0 Å². The summed E-state index contributed by atoms with van der Waals surface area (Å²) < 4.78 is 1.90. The van der Waals surface area contributed by atoms with Crippen molar-refractivity contribution in [1.29, 1.82) is 0 Å². The van der Waals surface area contributed by atoms with Crippen molar-refractivity contribution in [3.63, 3.8) is 0 Å². The van der Waals surface area contributed by atoms with Crippen LogP contribution in [-0.2, 0) is 13.1 Å². The van der Waals surface area contributed by atoms with Crippen molar-refractivity contribution in [1.82, 2.24) is 9.88 Å². The van der Waals surface area contributed by atoms with Crippen molar-refractivity contribution in [2.45, 2.75) is 53.1 Å². The maximum atomic E-state index is 12.2. The van der Waals surface area contributed by atoms with Crippen LogP contribution in [0.2, 0.25) is 0 Å². The molecule has 0 aliphatic heterocycles. The number of rotatable bonds is 7. The molecule has 1 heterocycles. The second kappa shape index (κ2) is 7.28. The molecule has 96 valence electrons. The summed E-state index contributed by atoms with van der Waals surface area (Å²) in [5.74, 6) is 0. The Bertz CT molecular complexity index is 396. The highest BCUT2D eigenvalue weighted by atomic mass is 16.1. The summed E-state index contributed by atoms with van der Waals surface area (Å²) in [6, 6.07) is 3.99. The lowest BCUT2D eigenvalue weighted by Crippen LogP contribution is -2.28. The molecule has 0 saturated carbocycles. The molecule has 1 rings (SSSR count). The SMILES string of the molecule is CCCCn1c(C)ccc(CNCCC)c1=O. The second-order valence-electron chi connectivity index (χ2n) is 4.49. The van der Waals surface area contributed by atoms with Gasteiger partial charge in [-0.25, -0.2) is 0 Å². The van der Waals surface area contributed by atoms with Crippen molar-refractivity contribution in [3.05, 3.63) is 33.7 Å². The van der Waals surface area contributed by atoms with Gasteiger partial charge in [0.15, 0.2) is 0 Å². The first-order valence-electron chi connectivity index (χ1n) is 6.60. The molecular formula is C14H24N2O. The Labute approximate surface area is 104 Å². The van der Waals surface area contributed by atoms with E-state index in [-0.39, 0.29) is 5.56 Å². The largest absolute Gasteiger partial charge is 0.313 e. The monoisotopic (exact) mass is 236 g/mol. The smallest absolute Gasteiger partial charge is 0.255 e. The van der Waals surface area contributed by atoms with E-state index in [4.69, 9.17) is 0 Å². The van der Waals surface area contributed by atoms with Crippen LogP contribution in [0.15, 0.2) is 16.9 Å². The molecule has 0 fully saturated rings. The molecular weight excluding hydrogens is 212 g/mol. The van der Waals surface area contributed by atoms with E-state index < -0.39 is 0 Å². The standard InChI is InChI=1S/C14H24N2O/c1-4-6-10-16-12(3)7-8-13(14(16)17)11-15-9-5-2/h7-8,15H,4-6,9-11H2,1-3H3. The minimum absolute atomic E-state index is 0.169. The average Bonchev–Trinajstić information content (AvgIpc) is 2.32. The normalized spacial score (nSPS) is 10.8. The highest BCUT2D eigenvalue weighted by Crippen LogP contribution is 2.01. The highest BCUT2D eigenvalue weighted by molar-refractivity contribution is 5.15. The number of nitrogens with zero attached hydrogens (tertiary/aromatic N) is 1. The fourth-order valence-corrected chi connectivity index (χ4v) is 1.84. The minimum atomic E-state index is 0.169. The van der Waals surface area contributed by atoms with Crippen LogP contribution in [0.3, 0.4) is 0 Å². The van der Waals surface area contributed by atoms with E-state index in [0.29, 0.717) is 6.54 Å². The first-order valence-corrected chi connectivity index (χ1v) is 6.60. The molecule has 0 amide bonds. The van der Waals surface area contributed by atoms with Crippen molar-refractivity contribution in [2.75, 3.05) is 6.54 Å². The minimum Gasteiger partial charge on any atom is -0.313 e. The predicted octanol–water partition coefficient (Wildman–Crippen LogP) is 2.46. The van der Waals surface area contributed by atoms with Crippen LogP contribution >= 0.6 is 0 Å². The number of hydrogen-bond acceptors (Lipinski definition) is 2. The Kier molecular flexibility index (Phi) is 5.98. The molecule has 0 bridgehead atoms. The van der Waals surface area contributed by atoms with E-state index >= 15 is 0 Å². The third-order valence-electron chi connectivity index (χ3n) is 2.95. The molecule has 3 heteroatoms. The zero-order valence-electron chi connectivity index (χ0n) is 11.3. The van der Waals surface area contributed by atoms with Gasteiger partial charge in [0.25, 0.3) is 5.56 Å². The van der Waals surface area contributed by atoms with Gasteiger partial charge in [-0.05, 0) is 32.4 Å². The van der Waals surface area contributed by atoms with Gasteiger partial charge in [0.2, 0.25) is 0 Å². The topological polar surface area (TPSA) is 34.0 Å². The molecule has 0 aromatic carbocycles. The molecule has 0 aliphatic rings. The number of nitrogens with one attached hydrogen (secondary N) is 1. The molecule has 1 aromatic rings. The van der Waals surface area contributed by atoms with Crippen molar-refractivity contribution in [2.24, 2.45) is 0 Å². The predicted molar refractivity (Wildman–Crippen MR) is 72.3 cm³/mol. The van der Waals surface area contributed by atoms with E-state index in [2.05, 4.69) is 19.2 Å². The quantitative estimate of drug-likeness (QED) is 0.738. The van der Waals surface area contributed by atoms with E-state index in [1.165, 1.54) is 0 Å². The molecule has 0 unspecified atom stereocenters. The fraction of sp³-hybridized carbons (Fsp3) is 0.643. The molecule has 0 atom stereocenters. The van der Waals surface area contributed by atoms with Crippen molar-refractivity contribution < 1.29 is 0 Å². The van der Waals surface area contributed by atoms with Gasteiger partial charge in [-0.1, -0.05) is 26.3 Å². The summed E-state index contributed by atoms with van der Waals surface area (Å²) in [6.45, 7) is 8.75. The Morgan fingerprint density at radius 1 is 1.24 bits per heavy atom. The summed E-state index contributed by atoms with van der Waals surface area (Å²) in [7, 11) is 0. The van der Waals surface area contributed by atoms with Gasteiger partial charge in [-0.2, -0.15) is 0 Å². The maximum absolute atomic E-state index is 12.2. The van der Waals surface area contributed by atoms with Gasteiger partial charge >= 0.3 is 0 Å². The Hall–Kier alpha value is -1.09. The molecule has 17 heavy (non-hydrogen) atoms. The zero-order chi connectivity index (χ0) is 12.7. The number of hydrogen-bond donors (Lipinski definition) is 1. The van der Waals surface area contributed by atoms with Gasteiger partial charge in [-0.15, -0.1) is 0 Å². The number of aryl methyl sites for hydroxylation is 1. The van der Waals surface area contributed by atoms with Crippen LogP contribution in [0, 0.1) is 6.92 Å². The van der Waals surface area contributed by atoms with Gasteiger partial charge in [0.1, 0.15) is 0 Å². The first kappa shape index (κ1) is 14.0. The van der Waals surface area contributed by atoms with Crippen LogP contribution in [0.25, 0.3) is 0 Å². The summed E-state index contributed by atoms with van der Waals surface area (Å²) in [5.41, 5.74) is 2.10. The maximum Gasteiger partial charge on any atom is 0.255 e. The summed E-state index contributed by atoms with van der Waals surface area (Å²) in [6.07, 6.45) is 3.27. The summed E-state index contributed by atoms with van der Waals surface area (Å²) >= 11 is 0. The molecule has 1 N–H and O–H groups in total. The third kappa shape index (κ3) is 4.00.